The Labute approximate surface area is 137 Å². The first-order chi connectivity index (χ1) is 11.2. The van der Waals surface area contributed by atoms with Crippen molar-refractivity contribution in [2.24, 2.45) is 4.99 Å². The van der Waals surface area contributed by atoms with Crippen molar-refractivity contribution in [1.82, 2.24) is 15.2 Å². The second-order valence-corrected chi connectivity index (χ2v) is 6.05. The largest absolute Gasteiger partial charge is 0.356 e. The number of aromatic nitrogens is 1. The molecule has 1 aromatic heterocycles. The summed E-state index contributed by atoms with van der Waals surface area (Å²) in [5.41, 5.74) is 2.87. The average molecular weight is 312 g/mol. The molecule has 122 valence electrons. The summed E-state index contributed by atoms with van der Waals surface area (Å²) < 4.78 is 0. The van der Waals surface area contributed by atoms with Crippen LogP contribution in [-0.2, 0) is 6.42 Å². The molecule has 0 aromatic carbocycles. The first kappa shape index (κ1) is 15.6. The van der Waals surface area contributed by atoms with Gasteiger partial charge >= 0.3 is 0 Å². The van der Waals surface area contributed by atoms with E-state index >= 15 is 0 Å². The van der Waals surface area contributed by atoms with Gasteiger partial charge < -0.3 is 15.1 Å². The molecule has 0 aliphatic carbocycles. The Morgan fingerprint density at radius 1 is 1.26 bits per heavy atom. The van der Waals surface area contributed by atoms with E-state index in [2.05, 4.69) is 33.1 Å². The molecule has 0 atom stereocenters. The Morgan fingerprint density at radius 2 is 2.00 bits per heavy atom. The minimum absolute atomic E-state index is 0.682. The van der Waals surface area contributed by atoms with Gasteiger partial charge in [-0.1, -0.05) is 6.92 Å². The van der Waals surface area contributed by atoms with Gasteiger partial charge in [0.15, 0.2) is 5.96 Å². The molecule has 2 aliphatic rings. The summed E-state index contributed by atoms with van der Waals surface area (Å²) in [5.74, 6) is 1.87. The minimum atomic E-state index is 0.682. The van der Waals surface area contributed by atoms with Crippen molar-refractivity contribution in [3.63, 3.8) is 0 Å². The first-order valence-corrected chi connectivity index (χ1v) is 8.41. The lowest BCUT2D eigenvalue weighted by atomic mass is 10.1. The van der Waals surface area contributed by atoms with Gasteiger partial charge in [0.2, 0.25) is 0 Å². The van der Waals surface area contributed by atoms with Crippen LogP contribution in [0, 0.1) is 18.3 Å². The van der Waals surface area contributed by atoms with Gasteiger partial charge in [0.1, 0.15) is 11.9 Å². The van der Waals surface area contributed by atoms with Gasteiger partial charge in [-0.2, -0.15) is 5.26 Å². The lowest BCUT2D eigenvalue weighted by Gasteiger charge is -2.38. The van der Waals surface area contributed by atoms with Crippen LogP contribution < -0.4 is 10.2 Å². The zero-order chi connectivity index (χ0) is 16.2. The smallest absolute Gasteiger partial charge is 0.194 e. The maximum Gasteiger partial charge on any atom is 0.194 e. The monoisotopic (exact) mass is 312 g/mol. The summed E-state index contributed by atoms with van der Waals surface area (Å²) in [4.78, 5) is 13.9. The topological polar surface area (TPSA) is 67.6 Å². The molecule has 1 N–H and O–H groups in total. The number of hydrogen-bond donors (Lipinski definition) is 1. The van der Waals surface area contributed by atoms with Crippen LogP contribution in [-0.4, -0.2) is 55.1 Å². The number of rotatable bonds is 2. The number of pyridine rings is 1. The van der Waals surface area contributed by atoms with Gasteiger partial charge in [-0.3, -0.25) is 4.99 Å². The van der Waals surface area contributed by atoms with Gasteiger partial charge in [0.25, 0.3) is 0 Å². The van der Waals surface area contributed by atoms with Crippen LogP contribution in [0.5, 0.6) is 0 Å². The molecule has 3 heterocycles. The maximum absolute atomic E-state index is 9.44. The van der Waals surface area contributed by atoms with Crippen LogP contribution in [0.3, 0.4) is 0 Å². The predicted molar refractivity (Wildman–Crippen MR) is 91.8 cm³/mol. The molecule has 1 saturated heterocycles. The van der Waals surface area contributed by atoms with Gasteiger partial charge in [-0.05, 0) is 31.4 Å². The fourth-order valence-corrected chi connectivity index (χ4v) is 3.18. The van der Waals surface area contributed by atoms with E-state index in [0.29, 0.717) is 5.56 Å². The molecule has 6 nitrogen and oxygen atoms in total. The number of aliphatic imine (C=N–C) groups is 1. The van der Waals surface area contributed by atoms with Gasteiger partial charge in [0, 0.05) is 45.0 Å². The van der Waals surface area contributed by atoms with Gasteiger partial charge in [-0.15, -0.1) is 0 Å². The van der Waals surface area contributed by atoms with E-state index in [1.54, 1.807) is 0 Å². The maximum atomic E-state index is 9.44. The summed E-state index contributed by atoms with van der Waals surface area (Å²) in [6.07, 6.45) is 2.01. The summed E-state index contributed by atoms with van der Waals surface area (Å²) in [6.45, 7) is 9.62. The molecule has 1 fully saturated rings. The molecule has 23 heavy (non-hydrogen) atoms. The number of hydrogen-bond acceptors (Lipinski definition) is 6. The Hall–Kier alpha value is -2.29. The van der Waals surface area contributed by atoms with Crippen molar-refractivity contribution >= 4 is 11.8 Å². The standard InChI is InChI=1S/C17H24N6/c1-3-15-13(2)11-14(12-18)16(21-15)22-7-9-23(10-8-22)17-19-5-4-6-20-17/h11H,3-10H2,1-2H3,(H,19,20). The van der Waals surface area contributed by atoms with E-state index in [1.807, 2.05) is 13.0 Å². The van der Waals surface area contributed by atoms with Crippen LogP contribution in [0.1, 0.15) is 30.2 Å². The van der Waals surface area contributed by atoms with Crippen LogP contribution in [0.25, 0.3) is 0 Å². The molecule has 0 amide bonds. The Morgan fingerprint density at radius 3 is 2.61 bits per heavy atom. The average Bonchev–Trinajstić information content (AvgIpc) is 2.62. The second kappa shape index (κ2) is 6.86. The van der Waals surface area contributed by atoms with E-state index in [0.717, 1.165) is 75.1 Å². The van der Waals surface area contributed by atoms with E-state index in [1.165, 1.54) is 0 Å². The van der Waals surface area contributed by atoms with Crippen molar-refractivity contribution in [2.75, 3.05) is 44.2 Å². The molecule has 2 aliphatic heterocycles. The zero-order valence-corrected chi connectivity index (χ0v) is 14.0. The Bertz CT molecular complexity index is 637. The third-order valence-corrected chi connectivity index (χ3v) is 4.51. The summed E-state index contributed by atoms with van der Waals surface area (Å²) in [7, 11) is 0. The lowest BCUT2D eigenvalue weighted by molar-refractivity contribution is 0.366. The van der Waals surface area contributed by atoms with Crippen LogP contribution in [0.2, 0.25) is 0 Å². The van der Waals surface area contributed by atoms with Crippen molar-refractivity contribution in [3.8, 4) is 6.07 Å². The highest BCUT2D eigenvalue weighted by molar-refractivity contribution is 5.80. The number of anilines is 1. The summed E-state index contributed by atoms with van der Waals surface area (Å²) in [6, 6.07) is 4.28. The molecule has 0 unspecified atom stereocenters. The molecule has 0 bridgehead atoms. The van der Waals surface area contributed by atoms with E-state index in [4.69, 9.17) is 4.98 Å². The lowest BCUT2D eigenvalue weighted by Crippen LogP contribution is -2.53. The zero-order valence-electron chi connectivity index (χ0n) is 14.0. The van der Waals surface area contributed by atoms with Crippen LogP contribution >= 0.6 is 0 Å². The third kappa shape index (κ3) is 3.24. The van der Waals surface area contributed by atoms with Crippen LogP contribution in [0.15, 0.2) is 11.1 Å². The number of nitrogens with one attached hydrogen (secondary N) is 1. The highest BCUT2D eigenvalue weighted by atomic mass is 15.4. The predicted octanol–water partition coefficient (Wildman–Crippen LogP) is 1.30. The van der Waals surface area contributed by atoms with Crippen molar-refractivity contribution in [3.05, 3.63) is 22.9 Å². The van der Waals surface area contributed by atoms with E-state index < -0.39 is 0 Å². The highest BCUT2D eigenvalue weighted by Crippen LogP contribution is 2.22. The quantitative estimate of drug-likeness (QED) is 0.891. The number of nitrogens with zero attached hydrogens (tertiary/aromatic N) is 5. The highest BCUT2D eigenvalue weighted by Gasteiger charge is 2.23. The molecule has 1 aromatic rings. The molecule has 0 spiro atoms. The SMILES string of the molecule is CCc1nc(N2CCN(C3=NCCCN3)CC2)c(C#N)cc1C. The molecular weight excluding hydrogens is 288 g/mol. The van der Waals surface area contributed by atoms with E-state index in [9.17, 15) is 5.26 Å². The number of guanidine groups is 1. The van der Waals surface area contributed by atoms with Crippen molar-refractivity contribution < 1.29 is 0 Å². The number of piperazine rings is 1. The minimum Gasteiger partial charge on any atom is -0.356 e. The second-order valence-electron chi connectivity index (χ2n) is 6.05. The molecule has 3 rings (SSSR count). The fourth-order valence-electron chi connectivity index (χ4n) is 3.18. The molecular formula is C17H24N6. The van der Waals surface area contributed by atoms with Crippen LogP contribution in [0.4, 0.5) is 5.82 Å². The normalized spacial score (nSPS) is 18.2. The molecule has 0 radical (unpaired) electrons. The first-order valence-electron chi connectivity index (χ1n) is 8.41. The third-order valence-electron chi connectivity index (χ3n) is 4.51. The number of aryl methyl sites for hydroxylation is 2. The Balaban J connectivity index is 1.74. The van der Waals surface area contributed by atoms with Gasteiger partial charge in [0.05, 0.1) is 5.56 Å². The summed E-state index contributed by atoms with van der Waals surface area (Å²) >= 11 is 0. The summed E-state index contributed by atoms with van der Waals surface area (Å²) in [5, 5.41) is 12.8. The van der Waals surface area contributed by atoms with Crippen molar-refractivity contribution in [1.29, 1.82) is 5.26 Å². The number of nitriles is 1. The molecule has 6 heteroatoms. The Kier molecular flexibility index (Phi) is 4.65. The van der Waals surface area contributed by atoms with E-state index in [-0.39, 0.29) is 0 Å². The van der Waals surface area contributed by atoms with Crippen molar-refractivity contribution in [2.45, 2.75) is 26.7 Å². The van der Waals surface area contributed by atoms with Gasteiger partial charge in [-0.25, -0.2) is 4.98 Å². The fraction of sp³-hybridized carbons (Fsp3) is 0.588. The molecule has 0 saturated carbocycles.